The number of pyridine rings is 1. The molecule has 0 aromatic carbocycles. The van der Waals surface area contributed by atoms with Gasteiger partial charge in [0, 0.05) is 12.7 Å². The van der Waals surface area contributed by atoms with Gasteiger partial charge in [-0.15, -0.1) is 5.10 Å². The van der Waals surface area contributed by atoms with Crippen molar-refractivity contribution in [1.29, 1.82) is 0 Å². The molecule has 4 nitrogen and oxygen atoms in total. The Labute approximate surface area is 165 Å². The molecule has 0 unspecified atom stereocenters. The number of nitrogens with zero attached hydrogens (tertiary/aromatic N) is 4. The summed E-state index contributed by atoms with van der Waals surface area (Å²) in [6, 6.07) is 5.87. The molecule has 2 rings (SSSR count). The van der Waals surface area contributed by atoms with E-state index in [2.05, 4.69) is 22.2 Å². The van der Waals surface area contributed by atoms with E-state index in [1.165, 1.54) is 89.9 Å². The minimum Gasteiger partial charge on any atom is -0.254 e. The molecule has 0 aliphatic rings. The maximum absolute atomic E-state index is 4.32. The van der Waals surface area contributed by atoms with Crippen LogP contribution in [0.3, 0.4) is 0 Å². The molecular weight excluding hydrogens is 332 g/mol. The van der Waals surface area contributed by atoms with Crippen LogP contribution in [0.1, 0.15) is 96.8 Å². The zero-order chi connectivity index (χ0) is 19.0. The van der Waals surface area contributed by atoms with Crippen LogP contribution in [-0.2, 0) is 6.54 Å². The highest BCUT2D eigenvalue weighted by molar-refractivity contribution is 5.51. The lowest BCUT2D eigenvalue weighted by molar-refractivity contribution is 0.504. The summed E-state index contributed by atoms with van der Waals surface area (Å²) >= 11 is 0. The smallest absolute Gasteiger partial charge is 0.131 e. The molecule has 2 aromatic heterocycles. The van der Waals surface area contributed by atoms with Crippen molar-refractivity contribution in [1.82, 2.24) is 20.0 Å². The van der Waals surface area contributed by atoms with E-state index >= 15 is 0 Å². The molecule has 0 N–H and O–H groups in total. The summed E-state index contributed by atoms with van der Waals surface area (Å²) in [7, 11) is 0. The summed E-state index contributed by atoms with van der Waals surface area (Å²) in [6.45, 7) is 3.24. The summed E-state index contributed by atoms with van der Waals surface area (Å²) in [6.07, 6.45) is 23.3. The first-order chi connectivity index (χ1) is 13.4. The molecule has 0 saturated heterocycles. The normalized spacial score (nSPS) is 11.1. The Balaban J connectivity index is 1.39. The second kappa shape index (κ2) is 14.4. The topological polar surface area (TPSA) is 43.6 Å². The fourth-order valence-electron chi connectivity index (χ4n) is 3.51. The number of aromatic nitrogens is 4. The molecule has 0 atom stereocenters. The van der Waals surface area contributed by atoms with Crippen molar-refractivity contribution in [2.75, 3.05) is 0 Å². The number of hydrogen-bond donors (Lipinski definition) is 0. The van der Waals surface area contributed by atoms with Crippen molar-refractivity contribution >= 4 is 0 Å². The Hall–Kier alpha value is -1.71. The van der Waals surface area contributed by atoms with Crippen LogP contribution in [0.15, 0.2) is 30.6 Å². The molecule has 0 radical (unpaired) electrons. The lowest BCUT2D eigenvalue weighted by Gasteiger charge is -2.03. The summed E-state index contributed by atoms with van der Waals surface area (Å²) in [4.78, 5) is 4.32. The van der Waals surface area contributed by atoms with Gasteiger partial charge in [-0.2, -0.15) is 0 Å². The maximum Gasteiger partial charge on any atom is 0.131 e. The zero-order valence-electron chi connectivity index (χ0n) is 17.3. The average Bonchev–Trinajstić information content (AvgIpc) is 3.18. The van der Waals surface area contributed by atoms with E-state index in [-0.39, 0.29) is 0 Å². The van der Waals surface area contributed by atoms with Crippen molar-refractivity contribution in [3.8, 4) is 11.4 Å². The first-order valence-electron chi connectivity index (χ1n) is 11.2. The van der Waals surface area contributed by atoms with Crippen molar-refractivity contribution in [3.63, 3.8) is 0 Å². The molecule has 0 fully saturated rings. The first-order valence-corrected chi connectivity index (χ1v) is 11.2. The van der Waals surface area contributed by atoms with Gasteiger partial charge in [-0.3, -0.25) is 9.67 Å². The Bertz CT molecular complexity index is 579. The van der Waals surface area contributed by atoms with E-state index in [4.69, 9.17) is 0 Å². The second-order valence-electron chi connectivity index (χ2n) is 7.68. The average molecular weight is 371 g/mol. The number of unbranched alkanes of at least 4 members (excludes halogenated alkanes) is 13. The fraction of sp³-hybridized carbons (Fsp3) is 0.696. The van der Waals surface area contributed by atoms with Crippen LogP contribution in [0.5, 0.6) is 0 Å². The van der Waals surface area contributed by atoms with Crippen LogP contribution >= 0.6 is 0 Å². The van der Waals surface area contributed by atoms with Gasteiger partial charge in [-0.25, -0.2) is 0 Å². The van der Waals surface area contributed by atoms with E-state index in [0.29, 0.717) is 0 Å². The number of rotatable bonds is 16. The van der Waals surface area contributed by atoms with Gasteiger partial charge in [-0.1, -0.05) is 102 Å². The third kappa shape index (κ3) is 9.69. The van der Waals surface area contributed by atoms with Gasteiger partial charge in [0.05, 0.1) is 11.9 Å². The standard InChI is InChI=1S/C23H38N4/c1-2-3-4-5-6-7-8-9-10-11-12-13-14-17-20-27-21-23(25-26-27)22-18-15-16-19-24-22/h15-16,18-19,21H,2-14,17,20H2,1H3. The Morgan fingerprint density at radius 2 is 1.30 bits per heavy atom. The summed E-state index contributed by atoms with van der Waals surface area (Å²) in [5, 5.41) is 8.44. The minimum absolute atomic E-state index is 0.862. The zero-order valence-corrected chi connectivity index (χ0v) is 17.3. The highest BCUT2D eigenvalue weighted by Crippen LogP contribution is 2.14. The van der Waals surface area contributed by atoms with Crippen LogP contribution in [0.4, 0.5) is 0 Å². The van der Waals surface area contributed by atoms with Crippen LogP contribution in [0.2, 0.25) is 0 Å². The van der Waals surface area contributed by atoms with E-state index in [1.807, 2.05) is 29.1 Å². The first kappa shape index (κ1) is 21.6. The summed E-state index contributed by atoms with van der Waals surface area (Å²) in [5.41, 5.74) is 1.76. The quantitative estimate of drug-likeness (QED) is 0.304. The van der Waals surface area contributed by atoms with Gasteiger partial charge in [-0.05, 0) is 18.6 Å². The molecule has 0 aliphatic carbocycles. The molecule has 0 bridgehead atoms. The molecule has 4 heteroatoms. The van der Waals surface area contributed by atoms with Gasteiger partial charge in [0.1, 0.15) is 5.69 Å². The predicted octanol–water partition coefficient (Wildman–Crippen LogP) is 6.82. The van der Waals surface area contributed by atoms with Crippen LogP contribution in [0.25, 0.3) is 11.4 Å². The van der Waals surface area contributed by atoms with Crippen molar-refractivity contribution in [2.45, 2.75) is 103 Å². The summed E-state index contributed by atoms with van der Waals surface area (Å²) < 4.78 is 1.95. The van der Waals surface area contributed by atoms with Gasteiger partial charge < -0.3 is 0 Å². The molecule has 27 heavy (non-hydrogen) atoms. The molecule has 0 amide bonds. The molecule has 150 valence electrons. The molecular formula is C23H38N4. The summed E-state index contributed by atoms with van der Waals surface area (Å²) in [5.74, 6) is 0. The third-order valence-electron chi connectivity index (χ3n) is 5.21. The van der Waals surface area contributed by atoms with Gasteiger partial charge in [0.15, 0.2) is 0 Å². The minimum atomic E-state index is 0.862. The highest BCUT2D eigenvalue weighted by atomic mass is 15.4. The second-order valence-corrected chi connectivity index (χ2v) is 7.68. The third-order valence-corrected chi connectivity index (χ3v) is 5.21. The molecule has 2 heterocycles. The van der Waals surface area contributed by atoms with Crippen molar-refractivity contribution in [3.05, 3.63) is 30.6 Å². The fourth-order valence-corrected chi connectivity index (χ4v) is 3.51. The Kier molecular flexibility index (Phi) is 11.5. The molecule has 0 spiro atoms. The van der Waals surface area contributed by atoms with E-state index in [9.17, 15) is 0 Å². The Morgan fingerprint density at radius 1 is 0.704 bits per heavy atom. The van der Waals surface area contributed by atoms with E-state index in [0.717, 1.165) is 17.9 Å². The van der Waals surface area contributed by atoms with E-state index in [1.54, 1.807) is 6.20 Å². The molecule has 0 aliphatic heterocycles. The SMILES string of the molecule is CCCCCCCCCCCCCCCCn1cc(-c2ccccn2)nn1. The largest absolute Gasteiger partial charge is 0.254 e. The van der Waals surface area contributed by atoms with Crippen molar-refractivity contribution < 1.29 is 0 Å². The maximum atomic E-state index is 4.32. The number of hydrogen-bond acceptors (Lipinski definition) is 3. The van der Waals surface area contributed by atoms with Crippen LogP contribution in [-0.4, -0.2) is 20.0 Å². The number of aryl methyl sites for hydroxylation is 1. The lowest BCUT2D eigenvalue weighted by Crippen LogP contribution is -1.98. The lowest BCUT2D eigenvalue weighted by atomic mass is 10.0. The van der Waals surface area contributed by atoms with Crippen LogP contribution in [0, 0.1) is 0 Å². The van der Waals surface area contributed by atoms with Crippen molar-refractivity contribution in [2.24, 2.45) is 0 Å². The highest BCUT2D eigenvalue weighted by Gasteiger charge is 2.04. The predicted molar refractivity (Wildman–Crippen MR) is 114 cm³/mol. The Morgan fingerprint density at radius 3 is 1.85 bits per heavy atom. The monoisotopic (exact) mass is 370 g/mol. The van der Waals surface area contributed by atoms with E-state index < -0.39 is 0 Å². The molecule has 0 saturated carbocycles. The van der Waals surface area contributed by atoms with Gasteiger partial charge in [0.2, 0.25) is 0 Å². The van der Waals surface area contributed by atoms with Gasteiger partial charge >= 0.3 is 0 Å². The van der Waals surface area contributed by atoms with Gasteiger partial charge in [0.25, 0.3) is 0 Å². The molecule has 2 aromatic rings. The van der Waals surface area contributed by atoms with Crippen LogP contribution < -0.4 is 0 Å².